The predicted molar refractivity (Wildman–Crippen MR) is 85.6 cm³/mol. The van der Waals surface area contributed by atoms with E-state index in [9.17, 15) is 4.79 Å². The number of carbonyl (C=O) groups is 1. The maximum absolute atomic E-state index is 12.0. The lowest BCUT2D eigenvalue weighted by atomic mass is 10.2. The monoisotopic (exact) mass is 323 g/mol. The van der Waals surface area contributed by atoms with Gasteiger partial charge in [0.25, 0.3) is 0 Å². The Balaban J connectivity index is 2.16. The molecular formula is C14H17N3O4S. The number of hydrogen-bond donors (Lipinski definition) is 2. The van der Waals surface area contributed by atoms with E-state index in [0.29, 0.717) is 27.9 Å². The van der Waals surface area contributed by atoms with Gasteiger partial charge in [0, 0.05) is 12.1 Å². The largest absolute Gasteiger partial charge is 0.493 e. The molecule has 0 aliphatic heterocycles. The van der Waals surface area contributed by atoms with Crippen LogP contribution in [-0.2, 0) is 0 Å². The summed E-state index contributed by atoms with van der Waals surface area (Å²) in [7, 11) is 4.55. The lowest BCUT2D eigenvalue weighted by Gasteiger charge is -2.14. The molecule has 0 bridgehead atoms. The summed E-state index contributed by atoms with van der Waals surface area (Å²) in [5, 5.41) is 6.09. The van der Waals surface area contributed by atoms with Crippen molar-refractivity contribution in [2.24, 2.45) is 0 Å². The number of nitrogens with zero attached hydrogens (tertiary/aromatic N) is 1. The van der Waals surface area contributed by atoms with Crippen molar-refractivity contribution in [1.82, 2.24) is 4.37 Å². The van der Waals surface area contributed by atoms with Crippen molar-refractivity contribution < 1.29 is 19.0 Å². The molecular weight excluding hydrogens is 306 g/mol. The van der Waals surface area contributed by atoms with Gasteiger partial charge in [-0.3, -0.25) is 5.32 Å². The second-order valence-corrected chi connectivity index (χ2v) is 5.13. The van der Waals surface area contributed by atoms with Gasteiger partial charge >= 0.3 is 6.03 Å². The average Bonchev–Trinajstić information content (AvgIpc) is 2.90. The Morgan fingerprint density at radius 2 is 1.68 bits per heavy atom. The second kappa shape index (κ2) is 6.99. The molecule has 8 heteroatoms. The van der Waals surface area contributed by atoms with E-state index >= 15 is 0 Å². The fraction of sp³-hybridized carbons (Fsp3) is 0.286. The maximum atomic E-state index is 12.0. The molecule has 0 saturated carbocycles. The van der Waals surface area contributed by atoms with E-state index in [1.165, 1.54) is 32.9 Å². The first-order chi connectivity index (χ1) is 10.6. The van der Waals surface area contributed by atoms with Crippen LogP contribution in [0.2, 0.25) is 0 Å². The molecule has 7 nitrogen and oxygen atoms in total. The molecule has 0 spiro atoms. The Morgan fingerprint density at radius 1 is 1.05 bits per heavy atom. The normalized spacial score (nSPS) is 10.0. The van der Waals surface area contributed by atoms with E-state index in [0.717, 1.165) is 5.69 Å². The fourth-order valence-electron chi connectivity index (χ4n) is 1.85. The molecule has 2 aromatic rings. The number of hydrogen-bond acceptors (Lipinski definition) is 6. The van der Waals surface area contributed by atoms with E-state index in [4.69, 9.17) is 14.2 Å². The minimum Gasteiger partial charge on any atom is -0.493 e. The third kappa shape index (κ3) is 3.59. The Kier molecular flexibility index (Phi) is 5.05. The smallest absolute Gasteiger partial charge is 0.324 e. The number of anilines is 2. The number of nitrogens with one attached hydrogen (secondary N) is 2. The number of methoxy groups -OCH3 is 3. The van der Waals surface area contributed by atoms with E-state index in [2.05, 4.69) is 15.0 Å². The molecule has 0 aliphatic carbocycles. The summed E-state index contributed by atoms with van der Waals surface area (Å²) >= 11 is 1.22. The van der Waals surface area contributed by atoms with Crippen LogP contribution < -0.4 is 24.8 Å². The highest BCUT2D eigenvalue weighted by atomic mass is 32.1. The lowest BCUT2D eigenvalue weighted by Crippen LogP contribution is -2.18. The van der Waals surface area contributed by atoms with Gasteiger partial charge in [-0.05, 0) is 24.5 Å². The number of urea groups is 1. The molecule has 1 aromatic carbocycles. The minimum absolute atomic E-state index is 0.377. The zero-order valence-corrected chi connectivity index (χ0v) is 13.5. The van der Waals surface area contributed by atoms with Crippen molar-refractivity contribution >= 4 is 28.3 Å². The number of benzene rings is 1. The highest BCUT2D eigenvalue weighted by Crippen LogP contribution is 2.39. The molecule has 0 atom stereocenters. The van der Waals surface area contributed by atoms with Gasteiger partial charge in [0.1, 0.15) is 5.00 Å². The summed E-state index contributed by atoms with van der Waals surface area (Å²) < 4.78 is 19.8. The summed E-state index contributed by atoms with van der Waals surface area (Å²) in [6.07, 6.45) is 0. The summed E-state index contributed by atoms with van der Waals surface area (Å²) in [4.78, 5) is 12.0. The predicted octanol–water partition coefficient (Wildman–Crippen LogP) is 3.12. The summed E-state index contributed by atoms with van der Waals surface area (Å²) in [5.41, 5.74) is 1.38. The minimum atomic E-state index is -0.377. The van der Waals surface area contributed by atoms with Crippen LogP contribution in [0, 0.1) is 6.92 Å². The van der Waals surface area contributed by atoms with Gasteiger partial charge in [0.05, 0.1) is 32.7 Å². The molecule has 118 valence electrons. The third-order valence-corrected chi connectivity index (χ3v) is 3.58. The second-order valence-electron chi connectivity index (χ2n) is 4.33. The van der Waals surface area contributed by atoms with Crippen molar-refractivity contribution in [3.8, 4) is 17.2 Å². The summed E-state index contributed by atoms with van der Waals surface area (Å²) in [5.74, 6) is 1.39. The molecule has 0 radical (unpaired) electrons. The topological polar surface area (TPSA) is 81.7 Å². The Hall–Kier alpha value is -2.48. The van der Waals surface area contributed by atoms with Crippen LogP contribution in [0.1, 0.15) is 5.69 Å². The van der Waals surface area contributed by atoms with Crippen LogP contribution in [0.5, 0.6) is 17.2 Å². The Morgan fingerprint density at radius 3 is 2.14 bits per heavy atom. The molecule has 0 saturated heterocycles. The average molecular weight is 323 g/mol. The summed E-state index contributed by atoms with van der Waals surface area (Å²) in [6, 6.07) is 4.72. The van der Waals surface area contributed by atoms with Crippen molar-refractivity contribution in [3.63, 3.8) is 0 Å². The standard InChI is InChI=1S/C14H17N3O4S/c1-8-5-12(22-17-8)16-14(18)15-9-6-10(19-2)13(21-4)11(7-9)20-3/h5-7H,1-4H3,(H2,15,16,18). The van der Waals surface area contributed by atoms with Crippen LogP contribution in [0.25, 0.3) is 0 Å². The van der Waals surface area contributed by atoms with E-state index in [1.807, 2.05) is 6.92 Å². The molecule has 1 aromatic heterocycles. The molecule has 0 fully saturated rings. The Labute approximate surface area is 132 Å². The van der Waals surface area contributed by atoms with Crippen LogP contribution in [0.4, 0.5) is 15.5 Å². The van der Waals surface area contributed by atoms with Gasteiger partial charge in [0.15, 0.2) is 11.5 Å². The first-order valence-corrected chi connectivity index (χ1v) is 7.16. The van der Waals surface area contributed by atoms with Crippen molar-refractivity contribution in [3.05, 3.63) is 23.9 Å². The SMILES string of the molecule is COc1cc(NC(=O)Nc2cc(C)ns2)cc(OC)c1OC. The van der Waals surface area contributed by atoms with E-state index < -0.39 is 0 Å². The molecule has 2 rings (SSSR count). The number of aromatic nitrogens is 1. The van der Waals surface area contributed by atoms with Crippen LogP contribution >= 0.6 is 11.5 Å². The zero-order chi connectivity index (χ0) is 16.1. The van der Waals surface area contributed by atoms with Gasteiger partial charge in [-0.1, -0.05) is 0 Å². The van der Waals surface area contributed by atoms with E-state index in [-0.39, 0.29) is 6.03 Å². The highest BCUT2D eigenvalue weighted by Gasteiger charge is 2.14. The number of amides is 2. The number of aryl methyl sites for hydroxylation is 1. The van der Waals surface area contributed by atoms with Crippen molar-refractivity contribution in [2.75, 3.05) is 32.0 Å². The van der Waals surface area contributed by atoms with Gasteiger partial charge in [-0.2, -0.15) is 4.37 Å². The molecule has 22 heavy (non-hydrogen) atoms. The van der Waals surface area contributed by atoms with Crippen LogP contribution in [0.3, 0.4) is 0 Å². The number of ether oxygens (including phenoxy) is 3. The van der Waals surface area contributed by atoms with Crippen LogP contribution in [0.15, 0.2) is 18.2 Å². The number of rotatable bonds is 5. The highest BCUT2D eigenvalue weighted by molar-refractivity contribution is 7.10. The van der Waals surface area contributed by atoms with Gasteiger partial charge in [0.2, 0.25) is 5.75 Å². The molecule has 2 N–H and O–H groups in total. The van der Waals surface area contributed by atoms with Crippen molar-refractivity contribution in [2.45, 2.75) is 6.92 Å². The fourth-order valence-corrected chi connectivity index (χ4v) is 2.51. The Bertz CT molecular complexity index is 647. The summed E-state index contributed by atoms with van der Waals surface area (Å²) in [6.45, 7) is 1.86. The third-order valence-electron chi connectivity index (χ3n) is 2.79. The first kappa shape index (κ1) is 15.9. The first-order valence-electron chi connectivity index (χ1n) is 6.38. The molecule has 1 heterocycles. The molecule has 0 unspecified atom stereocenters. The lowest BCUT2D eigenvalue weighted by molar-refractivity contribution is 0.262. The van der Waals surface area contributed by atoms with Gasteiger partial charge in [-0.25, -0.2) is 4.79 Å². The van der Waals surface area contributed by atoms with Gasteiger partial charge < -0.3 is 19.5 Å². The number of carbonyl (C=O) groups excluding carboxylic acids is 1. The van der Waals surface area contributed by atoms with Gasteiger partial charge in [-0.15, -0.1) is 0 Å². The quantitative estimate of drug-likeness (QED) is 0.883. The zero-order valence-electron chi connectivity index (χ0n) is 12.7. The van der Waals surface area contributed by atoms with Crippen LogP contribution in [-0.4, -0.2) is 31.7 Å². The molecule has 2 amide bonds. The maximum Gasteiger partial charge on any atom is 0.324 e. The van der Waals surface area contributed by atoms with E-state index in [1.54, 1.807) is 18.2 Å². The molecule has 0 aliphatic rings. The van der Waals surface area contributed by atoms with Crippen molar-refractivity contribution in [1.29, 1.82) is 0 Å².